The average Bonchev–Trinajstić information content (AvgIpc) is 3.66. The van der Waals surface area contributed by atoms with Crippen LogP contribution in [0.2, 0.25) is 0 Å². The van der Waals surface area contributed by atoms with Crippen LogP contribution in [0.1, 0.15) is 12.5 Å². The van der Waals surface area contributed by atoms with Gasteiger partial charge in [-0.3, -0.25) is 4.90 Å². The molecule has 13 nitrogen and oxygen atoms in total. The van der Waals surface area contributed by atoms with Crippen molar-refractivity contribution in [1.82, 2.24) is 29.4 Å². The first kappa shape index (κ1) is 29.7. The van der Waals surface area contributed by atoms with Crippen LogP contribution in [0.3, 0.4) is 0 Å². The van der Waals surface area contributed by atoms with Crippen molar-refractivity contribution in [3.63, 3.8) is 0 Å². The van der Waals surface area contributed by atoms with E-state index < -0.39 is 9.84 Å². The molecule has 3 aliphatic rings. The highest BCUT2D eigenvalue weighted by Crippen LogP contribution is 2.31. The van der Waals surface area contributed by atoms with Crippen molar-refractivity contribution in [2.75, 3.05) is 61.6 Å². The fraction of sp³-hybridized carbons (Fsp3) is 0.419. The van der Waals surface area contributed by atoms with Gasteiger partial charge in [-0.15, -0.1) is 0 Å². The summed E-state index contributed by atoms with van der Waals surface area (Å²) in [5.74, 6) is 1.05. The number of sulfone groups is 1. The predicted octanol–water partition coefficient (Wildman–Crippen LogP) is 2.21. The molecule has 0 radical (unpaired) electrons. The first-order chi connectivity index (χ1) is 21.9. The van der Waals surface area contributed by atoms with Gasteiger partial charge >= 0.3 is 0 Å². The Labute approximate surface area is 261 Å². The molecule has 0 saturated carbocycles. The van der Waals surface area contributed by atoms with Gasteiger partial charge in [0, 0.05) is 67.4 Å². The van der Waals surface area contributed by atoms with Crippen LogP contribution in [0.4, 0.5) is 11.9 Å². The molecule has 2 N–H and O–H groups in total. The number of rotatable bonds is 9. The summed E-state index contributed by atoms with van der Waals surface area (Å²) in [6.45, 7) is 5.95. The Bertz CT molecular complexity index is 1790. The molecule has 6 heterocycles. The van der Waals surface area contributed by atoms with E-state index in [9.17, 15) is 8.42 Å². The summed E-state index contributed by atoms with van der Waals surface area (Å²) in [6, 6.07) is 10.0. The number of nitrogen functional groups attached to an aromatic ring is 1. The Hall–Kier alpha value is -3.95. The Morgan fingerprint density at radius 3 is 2.60 bits per heavy atom. The maximum atomic E-state index is 12.5. The summed E-state index contributed by atoms with van der Waals surface area (Å²) >= 11 is 0. The summed E-state index contributed by atoms with van der Waals surface area (Å²) in [7, 11) is -3.12. The number of anilines is 2. The van der Waals surface area contributed by atoms with Crippen molar-refractivity contribution in [2.24, 2.45) is 0 Å². The van der Waals surface area contributed by atoms with Gasteiger partial charge in [0.2, 0.25) is 11.9 Å². The molecule has 236 valence electrons. The van der Waals surface area contributed by atoms with E-state index in [0.717, 1.165) is 33.5 Å². The molecule has 4 aromatic rings. The highest BCUT2D eigenvalue weighted by atomic mass is 32.2. The number of hydrogen-bond acceptors (Lipinski definition) is 12. The van der Waals surface area contributed by atoms with Crippen molar-refractivity contribution in [1.29, 1.82) is 0 Å². The number of hydrogen-bond donors (Lipinski definition) is 1. The SMILES string of the molecule is C/C=C/C1OC1OCC1CS(=O)(=O)CCN1Cc1ccc(-n2ccc3c(-c4cnc(N)nc4)nc(N4CCOCC4)nc32)cc1. The van der Waals surface area contributed by atoms with Crippen molar-refractivity contribution < 1.29 is 22.6 Å². The van der Waals surface area contributed by atoms with Crippen molar-refractivity contribution in [3.05, 3.63) is 66.6 Å². The van der Waals surface area contributed by atoms with Crippen LogP contribution in [0.15, 0.2) is 61.1 Å². The van der Waals surface area contributed by atoms with E-state index in [4.69, 9.17) is 29.9 Å². The second kappa shape index (κ2) is 12.4. The third-order valence-electron chi connectivity index (χ3n) is 8.34. The van der Waals surface area contributed by atoms with Gasteiger partial charge in [0.1, 0.15) is 6.10 Å². The fourth-order valence-corrected chi connectivity index (χ4v) is 7.42. The summed E-state index contributed by atoms with van der Waals surface area (Å²) in [4.78, 5) is 22.6. The molecule has 0 spiro atoms. The molecular formula is C31H36N8O5S. The normalized spacial score (nSPS) is 23.6. The molecular weight excluding hydrogens is 596 g/mol. The molecule has 7 rings (SSSR count). The number of nitrogens with zero attached hydrogens (tertiary/aromatic N) is 7. The first-order valence-electron chi connectivity index (χ1n) is 15.1. The zero-order chi connectivity index (χ0) is 31.0. The number of nitrogens with two attached hydrogens (primary N) is 1. The molecule has 0 amide bonds. The molecule has 45 heavy (non-hydrogen) atoms. The Morgan fingerprint density at radius 2 is 1.84 bits per heavy atom. The number of morpholine rings is 1. The quantitative estimate of drug-likeness (QED) is 0.213. The average molecular weight is 633 g/mol. The number of fused-ring (bicyclic) bond motifs is 1. The molecule has 3 aliphatic heterocycles. The molecule has 3 unspecified atom stereocenters. The van der Waals surface area contributed by atoms with E-state index >= 15 is 0 Å². The van der Waals surface area contributed by atoms with Gasteiger partial charge in [-0.05, 0) is 30.7 Å². The molecule has 3 aromatic heterocycles. The Morgan fingerprint density at radius 1 is 1.07 bits per heavy atom. The summed E-state index contributed by atoms with van der Waals surface area (Å²) in [5, 5.41) is 0.873. The fourth-order valence-electron chi connectivity index (χ4n) is 5.85. The van der Waals surface area contributed by atoms with Crippen LogP contribution < -0.4 is 10.6 Å². The lowest BCUT2D eigenvalue weighted by Crippen LogP contribution is -2.50. The minimum Gasteiger partial charge on any atom is -0.378 e. The largest absolute Gasteiger partial charge is 0.378 e. The van der Waals surface area contributed by atoms with Gasteiger partial charge in [-0.25, -0.2) is 23.4 Å². The molecule has 3 saturated heterocycles. The van der Waals surface area contributed by atoms with Crippen LogP contribution in [0, 0.1) is 0 Å². The van der Waals surface area contributed by atoms with Crippen LogP contribution in [-0.4, -0.2) is 107 Å². The van der Waals surface area contributed by atoms with Gasteiger partial charge < -0.3 is 29.4 Å². The molecule has 14 heteroatoms. The summed E-state index contributed by atoms with van der Waals surface area (Å²) in [5.41, 5.74) is 10.0. The Kier molecular flexibility index (Phi) is 8.23. The van der Waals surface area contributed by atoms with Gasteiger partial charge in [-0.1, -0.05) is 24.3 Å². The number of ether oxygens (including phenoxy) is 3. The lowest BCUT2D eigenvalue weighted by Gasteiger charge is -2.35. The zero-order valence-electron chi connectivity index (χ0n) is 25.0. The van der Waals surface area contributed by atoms with Gasteiger partial charge in [0.15, 0.2) is 21.8 Å². The van der Waals surface area contributed by atoms with Gasteiger partial charge in [0.05, 0.1) is 37.0 Å². The predicted molar refractivity (Wildman–Crippen MR) is 170 cm³/mol. The van der Waals surface area contributed by atoms with Gasteiger partial charge in [0.25, 0.3) is 0 Å². The van der Waals surface area contributed by atoms with E-state index in [1.165, 1.54) is 0 Å². The number of benzene rings is 1. The topological polar surface area (TPSA) is 154 Å². The van der Waals surface area contributed by atoms with Crippen molar-refractivity contribution in [2.45, 2.75) is 31.9 Å². The molecule has 3 fully saturated rings. The number of aromatic nitrogens is 5. The number of allylic oxidation sites excluding steroid dienone is 1. The molecule has 0 aliphatic carbocycles. The Balaban J connectivity index is 1.14. The third kappa shape index (κ3) is 6.56. The molecule has 0 bridgehead atoms. The summed E-state index contributed by atoms with van der Waals surface area (Å²) < 4.78 is 43.9. The molecule has 3 atom stereocenters. The minimum absolute atomic E-state index is 0.0490. The minimum atomic E-state index is -3.12. The maximum absolute atomic E-state index is 12.5. The van der Waals surface area contributed by atoms with Crippen LogP contribution >= 0.6 is 0 Å². The smallest absolute Gasteiger partial charge is 0.228 e. The van der Waals surface area contributed by atoms with Crippen LogP contribution in [0.5, 0.6) is 0 Å². The monoisotopic (exact) mass is 632 g/mol. The second-order valence-corrected chi connectivity index (χ2v) is 13.7. The molecule has 1 aromatic carbocycles. The standard InChI is InChI=1S/C31H36N8O5S/c1-2-3-26-29(44-26)43-19-24-20-45(40,41)15-12-38(24)18-21-4-6-23(7-5-21)39-9-8-25-27(22-16-33-30(32)34-17-22)35-31(36-28(25)39)37-10-13-42-14-11-37/h2-9,16-17,24,26,29H,10-15,18-20H2,1H3,(H2,32,33,34)/b3-2+. The van der Waals surface area contributed by atoms with E-state index in [2.05, 4.69) is 44.0 Å². The van der Waals surface area contributed by atoms with E-state index in [0.29, 0.717) is 51.9 Å². The van der Waals surface area contributed by atoms with Crippen LogP contribution in [-0.2, 0) is 30.6 Å². The zero-order valence-corrected chi connectivity index (χ0v) is 25.8. The second-order valence-electron chi connectivity index (χ2n) is 11.5. The van der Waals surface area contributed by atoms with Crippen molar-refractivity contribution in [3.8, 4) is 16.9 Å². The highest BCUT2D eigenvalue weighted by molar-refractivity contribution is 7.91. The number of epoxide rings is 1. The van der Waals surface area contributed by atoms with E-state index in [1.807, 2.05) is 35.9 Å². The lowest BCUT2D eigenvalue weighted by atomic mass is 10.1. The highest BCUT2D eigenvalue weighted by Gasteiger charge is 2.40. The third-order valence-corrected chi connectivity index (χ3v) is 10.0. The van der Waals surface area contributed by atoms with Crippen LogP contribution in [0.25, 0.3) is 28.0 Å². The van der Waals surface area contributed by atoms with Gasteiger partial charge in [-0.2, -0.15) is 4.98 Å². The first-order valence-corrected chi connectivity index (χ1v) is 16.9. The lowest BCUT2D eigenvalue weighted by molar-refractivity contribution is 0.0108. The maximum Gasteiger partial charge on any atom is 0.228 e. The van der Waals surface area contributed by atoms with E-state index in [1.54, 1.807) is 12.4 Å². The van der Waals surface area contributed by atoms with E-state index in [-0.39, 0.29) is 35.9 Å². The van der Waals surface area contributed by atoms with Crippen molar-refractivity contribution >= 4 is 32.8 Å². The summed E-state index contributed by atoms with van der Waals surface area (Å²) in [6.07, 6.45) is 8.87.